The van der Waals surface area contributed by atoms with E-state index in [4.69, 9.17) is 9.78 Å². The molecule has 0 saturated carbocycles. The van der Waals surface area contributed by atoms with Crippen molar-refractivity contribution in [3.8, 4) is 17.5 Å². The molecule has 0 amide bonds. The molecule has 0 aliphatic rings. The molecule has 164 valence electrons. The van der Waals surface area contributed by atoms with Crippen LogP contribution in [0, 0.1) is 17.1 Å². The largest absolute Gasteiger partial charge is 0.419 e. The maximum atomic E-state index is 13.5. The van der Waals surface area contributed by atoms with Crippen LogP contribution >= 0.6 is 0 Å². The molecule has 4 aromatic rings. The third-order valence-corrected chi connectivity index (χ3v) is 4.66. The lowest BCUT2D eigenvalue weighted by molar-refractivity contribution is -0.140. The molecule has 0 atom stereocenters. The van der Waals surface area contributed by atoms with Crippen molar-refractivity contribution >= 4 is 10.9 Å². The number of alkyl halides is 6. The summed E-state index contributed by atoms with van der Waals surface area (Å²) in [7, 11) is 0. The number of nitriles is 1. The molecule has 32 heavy (non-hydrogen) atoms. The van der Waals surface area contributed by atoms with Gasteiger partial charge in [-0.05, 0) is 36.4 Å². The third-order valence-electron chi connectivity index (χ3n) is 4.66. The van der Waals surface area contributed by atoms with Gasteiger partial charge in [-0.2, -0.15) is 36.6 Å². The molecule has 2 heterocycles. The zero-order chi connectivity index (χ0) is 23.3. The Balaban J connectivity index is 1.69. The minimum atomic E-state index is -4.93. The average Bonchev–Trinajstić information content (AvgIpc) is 3.33. The molecule has 5 nitrogen and oxygen atoms in total. The molecule has 0 unspecified atom stereocenters. The van der Waals surface area contributed by atoms with Crippen LogP contribution in [-0.2, 0) is 18.9 Å². The van der Waals surface area contributed by atoms with Gasteiger partial charge in [-0.1, -0.05) is 5.16 Å². The van der Waals surface area contributed by atoms with E-state index in [0.29, 0.717) is 12.1 Å². The maximum absolute atomic E-state index is 13.5. The van der Waals surface area contributed by atoms with E-state index in [2.05, 4.69) is 10.1 Å². The Bertz CT molecular complexity index is 1360. The standard InChI is InChI=1S/C20H9F7N4O/c21-14-3-1-10(7-13(14)19(22,23)24)18-29-16(30-32-18)9-31-6-5-12-15(31)4-2-11(8-28)17(12)20(25,26)27/h1-7H,9H2. The molecule has 2 aromatic carbocycles. The summed E-state index contributed by atoms with van der Waals surface area (Å²) in [5, 5.41) is 12.4. The number of hydrogen-bond donors (Lipinski definition) is 0. The van der Waals surface area contributed by atoms with Crippen LogP contribution in [0.2, 0.25) is 0 Å². The lowest BCUT2D eigenvalue weighted by Gasteiger charge is -2.11. The Morgan fingerprint density at radius 2 is 1.75 bits per heavy atom. The number of benzene rings is 2. The first-order valence-electron chi connectivity index (χ1n) is 8.78. The number of aromatic nitrogens is 3. The summed E-state index contributed by atoms with van der Waals surface area (Å²) < 4.78 is 98.8. The van der Waals surface area contributed by atoms with Gasteiger partial charge in [0, 0.05) is 22.7 Å². The molecule has 0 N–H and O–H groups in total. The van der Waals surface area contributed by atoms with E-state index in [0.717, 1.165) is 12.1 Å². The van der Waals surface area contributed by atoms with E-state index in [1.807, 2.05) is 0 Å². The zero-order valence-electron chi connectivity index (χ0n) is 15.6. The second-order valence-electron chi connectivity index (χ2n) is 6.68. The maximum Gasteiger partial charge on any atom is 0.419 e. The van der Waals surface area contributed by atoms with Crippen LogP contribution in [0.25, 0.3) is 22.4 Å². The summed E-state index contributed by atoms with van der Waals surface area (Å²) >= 11 is 0. The molecule has 2 aromatic heterocycles. The van der Waals surface area contributed by atoms with E-state index in [1.54, 1.807) is 0 Å². The molecular formula is C20H9F7N4O. The smallest absolute Gasteiger partial charge is 0.340 e. The fraction of sp³-hybridized carbons (Fsp3) is 0.150. The highest BCUT2D eigenvalue weighted by molar-refractivity contribution is 5.86. The van der Waals surface area contributed by atoms with Gasteiger partial charge in [0.25, 0.3) is 5.89 Å². The fourth-order valence-corrected chi connectivity index (χ4v) is 3.27. The van der Waals surface area contributed by atoms with E-state index in [1.165, 1.54) is 29.0 Å². The first kappa shape index (κ1) is 21.4. The van der Waals surface area contributed by atoms with Crippen molar-refractivity contribution < 1.29 is 35.3 Å². The van der Waals surface area contributed by atoms with Crippen molar-refractivity contribution in [1.29, 1.82) is 5.26 Å². The van der Waals surface area contributed by atoms with Crippen molar-refractivity contribution in [1.82, 2.24) is 14.7 Å². The summed E-state index contributed by atoms with van der Waals surface area (Å²) in [6.07, 6.45) is -8.35. The minimum Gasteiger partial charge on any atom is -0.340 e. The van der Waals surface area contributed by atoms with Gasteiger partial charge < -0.3 is 9.09 Å². The molecular weight excluding hydrogens is 445 g/mol. The van der Waals surface area contributed by atoms with Crippen molar-refractivity contribution in [3.63, 3.8) is 0 Å². The number of hydrogen-bond acceptors (Lipinski definition) is 4. The van der Waals surface area contributed by atoms with Crippen LogP contribution < -0.4 is 0 Å². The van der Waals surface area contributed by atoms with Crippen LogP contribution in [0.5, 0.6) is 0 Å². The quantitative estimate of drug-likeness (QED) is 0.368. The first-order valence-corrected chi connectivity index (χ1v) is 8.78. The van der Waals surface area contributed by atoms with Gasteiger partial charge in [-0.15, -0.1) is 0 Å². The summed E-state index contributed by atoms with van der Waals surface area (Å²) in [6.45, 7) is -0.163. The van der Waals surface area contributed by atoms with Crippen LogP contribution in [0.3, 0.4) is 0 Å². The Hall–Kier alpha value is -3.88. The number of nitrogens with zero attached hydrogens (tertiary/aromatic N) is 4. The Labute approximate surface area is 174 Å². The lowest BCUT2D eigenvalue weighted by Crippen LogP contribution is -2.09. The first-order chi connectivity index (χ1) is 15.0. The van der Waals surface area contributed by atoms with Crippen molar-refractivity contribution in [2.24, 2.45) is 0 Å². The number of halogens is 7. The molecule has 0 radical (unpaired) electrons. The highest BCUT2D eigenvalue weighted by atomic mass is 19.4. The molecule has 4 rings (SSSR count). The Morgan fingerprint density at radius 3 is 2.41 bits per heavy atom. The van der Waals surface area contributed by atoms with Crippen molar-refractivity contribution in [3.05, 3.63) is 70.9 Å². The highest BCUT2D eigenvalue weighted by Crippen LogP contribution is 2.38. The lowest BCUT2D eigenvalue weighted by atomic mass is 10.0. The molecule has 12 heteroatoms. The topological polar surface area (TPSA) is 67.6 Å². The van der Waals surface area contributed by atoms with Gasteiger partial charge in [-0.25, -0.2) is 4.39 Å². The third kappa shape index (κ3) is 3.77. The van der Waals surface area contributed by atoms with Crippen LogP contribution in [0.15, 0.2) is 47.1 Å². The fourth-order valence-electron chi connectivity index (χ4n) is 3.27. The van der Waals surface area contributed by atoms with Gasteiger partial charge in [0.15, 0.2) is 5.82 Å². The SMILES string of the molecule is N#Cc1ccc2c(ccn2Cc2noc(-c3ccc(F)c(C(F)(F)F)c3)n2)c1C(F)(F)F. The van der Waals surface area contributed by atoms with E-state index < -0.39 is 34.9 Å². The zero-order valence-corrected chi connectivity index (χ0v) is 15.6. The predicted molar refractivity (Wildman–Crippen MR) is 95.5 cm³/mol. The number of fused-ring (bicyclic) bond motifs is 1. The van der Waals surface area contributed by atoms with Gasteiger partial charge in [0.05, 0.1) is 29.3 Å². The van der Waals surface area contributed by atoms with Gasteiger partial charge in [0.2, 0.25) is 0 Å². The van der Waals surface area contributed by atoms with Gasteiger partial charge >= 0.3 is 12.4 Å². The summed E-state index contributed by atoms with van der Waals surface area (Å²) in [5.41, 5.74) is -3.13. The molecule has 0 saturated heterocycles. The Kier molecular flexibility index (Phi) is 4.92. The second kappa shape index (κ2) is 7.37. The average molecular weight is 454 g/mol. The number of rotatable bonds is 3. The normalized spacial score (nSPS) is 12.3. The molecule has 0 aliphatic heterocycles. The van der Waals surface area contributed by atoms with Crippen molar-refractivity contribution in [2.75, 3.05) is 0 Å². The van der Waals surface area contributed by atoms with Gasteiger partial charge in [0.1, 0.15) is 5.82 Å². The van der Waals surface area contributed by atoms with Crippen molar-refractivity contribution in [2.45, 2.75) is 18.9 Å². The van der Waals surface area contributed by atoms with Gasteiger partial charge in [-0.3, -0.25) is 0 Å². The van der Waals surface area contributed by atoms with E-state index in [-0.39, 0.29) is 34.7 Å². The van der Waals surface area contributed by atoms with Crippen LogP contribution in [0.1, 0.15) is 22.5 Å². The minimum absolute atomic E-state index is 0.0340. The van der Waals surface area contributed by atoms with E-state index >= 15 is 0 Å². The van der Waals surface area contributed by atoms with E-state index in [9.17, 15) is 30.7 Å². The summed E-state index contributed by atoms with van der Waals surface area (Å²) in [5.74, 6) is -1.81. The summed E-state index contributed by atoms with van der Waals surface area (Å²) in [4.78, 5) is 3.96. The summed E-state index contributed by atoms with van der Waals surface area (Å²) in [6, 6.07) is 7.26. The molecule has 0 spiro atoms. The molecule has 0 bridgehead atoms. The predicted octanol–water partition coefficient (Wildman–Crippen LogP) is 5.79. The van der Waals surface area contributed by atoms with Crippen LogP contribution in [0.4, 0.5) is 30.7 Å². The highest BCUT2D eigenvalue weighted by Gasteiger charge is 2.36. The molecule has 0 aliphatic carbocycles. The molecule has 0 fully saturated rings. The monoisotopic (exact) mass is 454 g/mol. The second-order valence-corrected chi connectivity index (χ2v) is 6.68. The van der Waals surface area contributed by atoms with Crippen LogP contribution in [-0.4, -0.2) is 14.7 Å². The Morgan fingerprint density at radius 1 is 1.00 bits per heavy atom.